The van der Waals surface area contributed by atoms with E-state index in [9.17, 15) is 9.59 Å². The molecule has 0 bridgehead atoms. The van der Waals surface area contributed by atoms with Gasteiger partial charge in [-0.25, -0.2) is 0 Å². The van der Waals surface area contributed by atoms with Gasteiger partial charge in [0.15, 0.2) is 0 Å². The lowest BCUT2D eigenvalue weighted by atomic mass is 9.90. The van der Waals surface area contributed by atoms with Gasteiger partial charge in [0.25, 0.3) is 0 Å². The van der Waals surface area contributed by atoms with Gasteiger partial charge >= 0.3 is 5.97 Å². The number of methoxy groups -OCH3 is 1. The van der Waals surface area contributed by atoms with E-state index in [4.69, 9.17) is 0 Å². The Morgan fingerprint density at radius 2 is 2.11 bits per heavy atom. The Balaban J connectivity index is 0.00000289. The third-order valence-corrected chi connectivity index (χ3v) is 3.20. The SMILES string of the molecule is COC(=O)CC(C)NC(=O)C1(C)CCCCN1.Cl. The summed E-state index contributed by atoms with van der Waals surface area (Å²) in [5.74, 6) is -0.340. The van der Waals surface area contributed by atoms with E-state index in [1.54, 1.807) is 6.92 Å². The molecule has 6 heteroatoms. The molecule has 0 aromatic rings. The van der Waals surface area contributed by atoms with Crippen molar-refractivity contribution in [1.82, 2.24) is 10.6 Å². The first-order valence-electron chi connectivity index (χ1n) is 6.11. The Morgan fingerprint density at radius 1 is 1.44 bits per heavy atom. The van der Waals surface area contributed by atoms with Crippen molar-refractivity contribution in [2.75, 3.05) is 13.7 Å². The molecular formula is C12H23ClN2O3. The fraction of sp³-hybridized carbons (Fsp3) is 0.833. The third-order valence-electron chi connectivity index (χ3n) is 3.20. The number of ether oxygens (including phenoxy) is 1. The molecular weight excluding hydrogens is 256 g/mol. The summed E-state index contributed by atoms with van der Waals surface area (Å²) in [7, 11) is 1.35. The van der Waals surface area contributed by atoms with E-state index in [1.807, 2.05) is 6.92 Å². The standard InChI is InChI=1S/C12H22N2O3.ClH/c1-9(8-10(15)17-3)14-11(16)12(2)6-4-5-7-13-12;/h9,13H,4-8H2,1-3H3,(H,14,16);1H. The van der Waals surface area contributed by atoms with Crippen LogP contribution in [0.4, 0.5) is 0 Å². The van der Waals surface area contributed by atoms with Crippen LogP contribution in [0.15, 0.2) is 0 Å². The molecule has 0 saturated carbocycles. The van der Waals surface area contributed by atoms with E-state index in [2.05, 4.69) is 15.4 Å². The number of hydrogen-bond acceptors (Lipinski definition) is 4. The number of halogens is 1. The number of amides is 1. The highest BCUT2D eigenvalue weighted by Gasteiger charge is 2.34. The quantitative estimate of drug-likeness (QED) is 0.753. The number of esters is 1. The van der Waals surface area contributed by atoms with Crippen molar-refractivity contribution in [2.24, 2.45) is 0 Å². The van der Waals surface area contributed by atoms with Gasteiger partial charge in [0, 0.05) is 6.04 Å². The summed E-state index contributed by atoms with van der Waals surface area (Å²) >= 11 is 0. The number of piperidine rings is 1. The molecule has 2 N–H and O–H groups in total. The van der Waals surface area contributed by atoms with Gasteiger partial charge in [0.2, 0.25) is 5.91 Å². The molecule has 5 nitrogen and oxygen atoms in total. The molecule has 0 radical (unpaired) electrons. The predicted octanol–water partition coefficient (Wildman–Crippen LogP) is 1.01. The monoisotopic (exact) mass is 278 g/mol. The summed E-state index contributed by atoms with van der Waals surface area (Å²) in [6.45, 7) is 4.59. The summed E-state index contributed by atoms with van der Waals surface area (Å²) in [5.41, 5.74) is -0.497. The topological polar surface area (TPSA) is 67.4 Å². The summed E-state index contributed by atoms with van der Waals surface area (Å²) < 4.78 is 4.57. The fourth-order valence-electron chi connectivity index (χ4n) is 2.02. The van der Waals surface area contributed by atoms with Crippen LogP contribution in [0.3, 0.4) is 0 Å². The maximum absolute atomic E-state index is 12.1. The Kier molecular flexibility index (Phi) is 7.25. The van der Waals surface area contributed by atoms with Crippen molar-refractivity contribution in [2.45, 2.75) is 51.1 Å². The fourth-order valence-corrected chi connectivity index (χ4v) is 2.02. The van der Waals surface area contributed by atoms with Gasteiger partial charge < -0.3 is 15.4 Å². The van der Waals surface area contributed by atoms with Crippen LogP contribution in [0.2, 0.25) is 0 Å². The van der Waals surface area contributed by atoms with Crippen LogP contribution in [0.5, 0.6) is 0 Å². The largest absolute Gasteiger partial charge is 0.469 e. The molecule has 2 atom stereocenters. The lowest BCUT2D eigenvalue weighted by molar-refractivity contribution is -0.141. The van der Waals surface area contributed by atoms with Crippen molar-refractivity contribution < 1.29 is 14.3 Å². The average Bonchev–Trinajstić information content (AvgIpc) is 2.29. The van der Waals surface area contributed by atoms with E-state index in [-0.39, 0.29) is 36.7 Å². The van der Waals surface area contributed by atoms with E-state index >= 15 is 0 Å². The van der Waals surface area contributed by atoms with Crippen LogP contribution in [-0.4, -0.2) is 37.1 Å². The minimum atomic E-state index is -0.497. The Hall–Kier alpha value is -0.810. The highest BCUT2D eigenvalue weighted by atomic mass is 35.5. The van der Waals surface area contributed by atoms with Gasteiger partial charge in [-0.15, -0.1) is 12.4 Å². The van der Waals surface area contributed by atoms with Crippen LogP contribution in [-0.2, 0) is 14.3 Å². The van der Waals surface area contributed by atoms with Crippen LogP contribution >= 0.6 is 12.4 Å². The molecule has 1 fully saturated rings. The minimum Gasteiger partial charge on any atom is -0.469 e. The second-order valence-corrected chi connectivity index (χ2v) is 4.87. The zero-order valence-electron chi connectivity index (χ0n) is 11.2. The molecule has 1 heterocycles. The minimum absolute atomic E-state index is 0. The molecule has 1 rings (SSSR count). The Labute approximate surface area is 114 Å². The smallest absolute Gasteiger partial charge is 0.307 e. The number of rotatable bonds is 4. The summed E-state index contributed by atoms with van der Waals surface area (Å²) in [5, 5.41) is 6.09. The maximum atomic E-state index is 12.1. The molecule has 18 heavy (non-hydrogen) atoms. The highest BCUT2D eigenvalue weighted by molar-refractivity contribution is 5.86. The lowest BCUT2D eigenvalue weighted by Gasteiger charge is -2.34. The number of hydrogen-bond donors (Lipinski definition) is 2. The number of carbonyl (C=O) groups is 2. The van der Waals surface area contributed by atoms with Crippen LogP contribution in [0.25, 0.3) is 0 Å². The molecule has 0 spiro atoms. The van der Waals surface area contributed by atoms with Crippen molar-refractivity contribution in [3.8, 4) is 0 Å². The van der Waals surface area contributed by atoms with Crippen LogP contribution in [0.1, 0.15) is 39.5 Å². The van der Waals surface area contributed by atoms with Gasteiger partial charge in [0.05, 0.1) is 19.1 Å². The second-order valence-electron chi connectivity index (χ2n) is 4.87. The van der Waals surface area contributed by atoms with Crippen molar-refractivity contribution in [1.29, 1.82) is 0 Å². The van der Waals surface area contributed by atoms with Crippen molar-refractivity contribution in [3.63, 3.8) is 0 Å². The van der Waals surface area contributed by atoms with Gasteiger partial charge in [0.1, 0.15) is 0 Å². The second kappa shape index (κ2) is 7.59. The zero-order chi connectivity index (χ0) is 12.9. The zero-order valence-corrected chi connectivity index (χ0v) is 12.1. The van der Waals surface area contributed by atoms with Crippen LogP contribution < -0.4 is 10.6 Å². The molecule has 1 amide bonds. The summed E-state index contributed by atoms with van der Waals surface area (Å²) in [6.07, 6.45) is 3.21. The molecule has 2 unspecified atom stereocenters. The van der Waals surface area contributed by atoms with E-state index in [0.717, 1.165) is 25.8 Å². The maximum Gasteiger partial charge on any atom is 0.307 e. The molecule has 0 aromatic heterocycles. The molecule has 106 valence electrons. The van der Waals surface area contributed by atoms with Crippen molar-refractivity contribution in [3.05, 3.63) is 0 Å². The average molecular weight is 279 g/mol. The Bertz CT molecular complexity index is 291. The van der Waals surface area contributed by atoms with Crippen LogP contribution in [0, 0.1) is 0 Å². The number of nitrogens with one attached hydrogen (secondary N) is 2. The predicted molar refractivity (Wildman–Crippen MR) is 71.7 cm³/mol. The molecule has 0 aliphatic carbocycles. The Morgan fingerprint density at radius 3 is 2.61 bits per heavy atom. The molecule has 1 aliphatic heterocycles. The van der Waals surface area contributed by atoms with Gasteiger partial charge in [-0.1, -0.05) is 0 Å². The normalized spacial score (nSPS) is 24.6. The first kappa shape index (κ1) is 17.2. The van der Waals surface area contributed by atoms with Gasteiger partial charge in [-0.2, -0.15) is 0 Å². The van der Waals surface area contributed by atoms with Gasteiger partial charge in [-0.05, 0) is 39.7 Å². The molecule has 1 saturated heterocycles. The first-order chi connectivity index (χ1) is 7.98. The van der Waals surface area contributed by atoms with Crippen molar-refractivity contribution >= 4 is 24.3 Å². The first-order valence-corrected chi connectivity index (χ1v) is 6.11. The van der Waals surface area contributed by atoms with E-state index < -0.39 is 5.54 Å². The molecule has 0 aromatic carbocycles. The highest BCUT2D eigenvalue weighted by Crippen LogP contribution is 2.19. The van der Waals surface area contributed by atoms with E-state index in [1.165, 1.54) is 7.11 Å². The number of carbonyl (C=O) groups excluding carboxylic acids is 2. The summed E-state index contributed by atoms with van der Waals surface area (Å²) in [6, 6.07) is -0.199. The summed E-state index contributed by atoms with van der Waals surface area (Å²) in [4.78, 5) is 23.1. The van der Waals surface area contributed by atoms with Gasteiger partial charge in [-0.3, -0.25) is 9.59 Å². The van der Waals surface area contributed by atoms with E-state index in [0.29, 0.717) is 0 Å². The lowest BCUT2D eigenvalue weighted by Crippen LogP contribution is -2.58. The molecule has 1 aliphatic rings. The third kappa shape index (κ3) is 4.82.